The molecule has 0 saturated heterocycles. The molecule has 2 heteroatoms. The molecule has 0 N–H and O–H groups in total. The van der Waals surface area contributed by atoms with E-state index in [4.69, 9.17) is 4.98 Å². The molecule has 0 fully saturated rings. The number of benzene rings is 3. The minimum atomic E-state index is 1.12. The molecule has 0 aliphatic rings. The number of nitrogens with zero attached hydrogens (tertiary/aromatic N) is 2. The number of aromatic nitrogens is 2. The fraction of sp³-hybridized carbons (Fsp3) is 0.160. The highest BCUT2D eigenvalue weighted by Crippen LogP contribution is 2.43. The van der Waals surface area contributed by atoms with Crippen LogP contribution in [0.4, 0.5) is 0 Å². The summed E-state index contributed by atoms with van der Waals surface area (Å²) in [6.45, 7) is 8.86. The average molecular weight is 348 g/mol. The lowest BCUT2D eigenvalue weighted by atomic mass is 9.97. The summed E-state index contributed by atoms with van der Waals surface area (Å²) in [5, 5.41) is 6.54. The minimum Gasteiger partial charge on any atom is -0.308 e. The maximum absolute atomic E-state index is 4.85. The van der Waals surface area contributed by atoms with Gasteiger partial charge >= 0.3 is 0 Å². The topological polar surface area (TPSA) is 17.3 Å². The van der Waals surface area contributed by atoms with Gasteiger partial charge in [0.15, 0.2) is 0 Å². The van der Waals surface area contributed by atoms with Crippen molar-refractivity contribution in [1.82, 2.24) is 9.38 Å². The van der Waals surface area contributed by atoms with Crippen LogP contribution >= 0.6 is 0 Å². The Bertz CT molecular complexity index is 1550. The maximum Gasteiger partial charge on any atom is 0.0822 e. The van der Waals surface area contributed by atoms with Gasteiger partial charge in [-0.2, -0.15) is 0 Å². The van der Waals surface area contributed by atoms with Crippen molar-refractivity contribution in [1.29, 1.82) is 0 Å². The molecule has 0 amide bonds. The third-order valence-corrected chi connectivity index (χ3v) is 6.11. The van der Waals surface area contributed by atoms with E-state index in [1.54, 1.807) is 0 Å². The predicted molar refractivity (Wildman–Crippen MR) is 115 cm³/mol. The van der Waals surface area contributed by atoms with Gasteiger partial charge in [0.2, 0.25) is 0 Å². The second kappa shape index (κ2) is 4.77. The quantitative estimate of drug-likeness (QED) is 0.223. The van der Waals surface area contributed by atoms with E-state index in [-0.39, 0.29) is 0 Å². The van der Waals surface area contributed by atoms with Crippen LogP contribution < -0.4 is 0 Å². The lowest BCUT2D eigenvalue weighted by Crippen LogP contribution is -1.97. The van der Waals surface area contributed by atoms with Gasteiger partial charge in [0.05, 0.1) is 22.1 Å². The number of rotatable bonds is 0. The van der Waals surface area contributed by atoms with Crippen LogP contribution in [0.1, 0.15) is 22.3 Å². The first-order chi connectivity index (χ1) is 13.1. The molecular weight excluding hydrogens is 328 g/mol. The Balaban J connectivity index is 2.17. The number of aryl methyl sites for hydroxylation is 4. The summed E-state index contributed by atoms with van der Waals surface area (Å²) >= 11 is 0. The van der Waals surface area contributed by atoms with Crippen LogP contribution in [0.15, 0.2) is 48.7 Å². The molecule has 0 radical (unpaired) electrons. The van der Waals surface area contributed by atoms with Gasteiger partial charge < -0.3 is 4.40 Å². The Kier molecular flexibility index (Phi) is 2.65. The highest BCUT2D eigenvalue weighted by Gasteiger charge is 2.21. The first-order valence-corrected chi connectivity index (χ1v) is 9.50. The normalized spacial score (nSPS) is 12.4. The summed E-state index contributed by atoms with van der Waals surface area (Å²) in [7, 11) is 0. The number of hydrogen-bond acceptors (Lipinski definition) is 1. The van der Waals surface area contributed by atoms with E-state index in [9.17, 15) is 0 Å². The lowest BCUT2D eigenvalue weighted by Gasteiger charge is -2.15. The molecule has 0 atom stereocenters. The smallest absolute Gasteiger partial charge is 0.0822 e. The van der Waals surface area contributed by atoms with Crippen molar-refractivity contribution in [3.63, 3.8) is 0 Å². The first kappa shape index (κ1) is 15.0. The van der Waals surface area contributed by atoms with Gasteiger partial charge in [-0.3, -0.25) is 4.98 Å². The highest BCUT2D eigenvalue weighted by atomic mass is 14.9. The Labute approximate surface area is 157 Å². The summed E-state index contributed by atoms with van der Waals surface area (Å²) in [6, 6.07) is 15.7. The molecule has 6 rings (SSSR count). The van der Waals surface area contributed by atoms with Crippen LogP contribution in [-0.4, -0.2) is 9.38 Å². The molecule has 27 heavy (non-hydrogen) atoms. The Morgan fingerprint density at radius 3 is 2.44 bits per heavy atom. The maximum atomic E-state index is 4.85. The highest BCUT2D eigenvalue weighted by molar-refractivity contribution is 6.29. The number of fused-ring (bicyclic) bond motifs is 6. The standard InChI is InChI=1S/C25H20N2/c1-13-10-16(4)24-18(11-13)23-22-17(8-9-26-23)12-15(3)21-20-14(2)6-5-7-19(20)27(24)25(21)22/h5-12H,1-4H3. The molecule has 2 nitrogen and oxygen atoms in total. The Hall–Kier alpha value is -3.13. The van der Waals surface area contributed by atoms with Crippen molar-refractivity contribution in [2.75, 3.05) is 0 Å². The molecule has 0 bridgehead atoms. The summed E-state index contributed by atoms with van der Waals surface area (Å²) in [5.74, 6) is 0. The second-order valence-electron chi connectivity index (χ2n) is 7.96. The average Bonchev–Trinajstić information content (AvgIpc) is 2.98. The molecular formula is C25H20N2. The van der Waals surface area contributed by atoms with Crippen LogP contribution in [0, 0.1) is 27.7 Å². The molecule has 3 heterocycles. The Morgan fingerprint density at radius 1 is 0.741 bits per heavy atom. The molecule has 3 aromatic heterocycles. The van der Waals surface area contributed by atoms with E-state index in [1.807, 2.05) is 6.20 Å². The molecule has 6 aromatic rings. The van der Waals surface area contributed by atoms with E-state index < -0.39 is 0 Å². The van der Waals surface area contributed by atoms with Gasteiger partial charge in [-0.25, -0.2) is 0 Å². The largest absolute Gasteiger partial charge is 0.308 e. The lowest BCUT2D eigenvalue weighted by molar-refractivity contribution is 1.29. The van der Waals surface area contributed by atoms with Crippen LogP contribution in [0.5, 0.6) is 0 Å². The van der Waals surface area contributed by atoms with Gasteiger partial charge in [0, 0.05) is 27.7 Å². The zero-order chi connectivity index (χ0) is 18.4. The molecule has 0 unspecified atom stereocenters. The van der Waals surface area contributed by atoms with Crippen molar-refractivity contribution in [2.24, 2.45) is 0 Å². The second-order valence-corrected chi connectivity index (χ2v) is 7.96. The van der Waals surface area contributed by atoms with E-state index in [1.165, 1.54) is 65.7 Å². The zero-order valence-corrected chi connectivity index (χ0v) is 16.0. The van der Waals surface area contributed by atoms with Crippen LogP contribution in [0.3, 0.4) is 0 Å². The molecule has 0 aliphatic carbocycles. The summed E-state index contributed by atoms with van der Waals surface area (Å²) < 4.78 is 2.49. The molecule has 0 saturated carbocycles. The third kappa shape index (κ3) is 1.69. The van der Waals surface area contributed by atoms with Crippen molar-refractivity contribution in [3.05, 3.63) is 70.9 Å². The van der Waals surface area contributed by atoms with Gasteiger partial charge in [-0.1, -0.05) is 29.8 Å². The van der Waals surface area contributed by atoms with Gasteiger partial charge in [-0.15, -0.1) is 0 Å². The Morgan fingerprint density at radius 2 is 1.59 bits per heavy atom. The van der Waals surface area contributed by atoms with Crippen molar-refractivity contribution in [3.8, 4) is 0 Å². The fourth-order valence-electron chi connectivity index (χ4n) is 5.16. The van der Waals surface area contributed by atoms with Crippen LogP contribution in [-0.2, 0) is 0 Å². The SMILES string of the molecule is Cc1cc(C)c2c(c1)c1nccc3cc(C)c4c5c(C)cccc5n2c4c31. The molecule has 130 valence electrons. The van der Waals surface area contributed by atoms with Gasteiger partial charge in [-0.05, 0) is 68.0 Å². The first-order valence-electron chi connectivity index (χ1n) is 9.50. The summed E-state index contributed by atoms with van der Waals surface area (Å²) in [5.41, 5.74) is 10.3. The van der Waals surface area contributed by atoms with E-state index in [0.29, 0.717) is 0 Å². The van der Waals surface area contributed by atoms with Gasteiger partial charge in [0.25, 0.3) is 0 Å². The van der Waals surface area contributed by atoms with Crippen LogP contribution in [0.2, 0.25) is 0 Å². The van der Waals surface area contributed by atoms with E-state index in [0.717, 1.165) is 5.52 Å². The van der Waals surface area contributed by atoms with E-state index >= 15 is 0 Å². The monoisotopic (exact) mass is 348 g/mol. The molecule has 0 spiro atoms. The number of pyridine rings is 2. The number of hydrogen-bond donors (Lipinski definition) is 0. The van der Waals surface area contributed by atoms with Crippen molar-refractivity contribution in [2.45, 2.75) is 27.7 Å². The van der Waals surface area contributed by atoms with E-state index in [2.05, 4.69) is 74.6 Å². The zero-order valence-electron chi connectivity index (χ0n) is 16.0. The predicted octanol–water partition coefficient (Wildman–Crippen LogP) is 6.62. The summed E-state index contributed by atoms with van der Waals surface area (Å²) in [4.78, 5) is 4.85. The summed E-state index contributed by atoms with van der Waals surface area (Å²) in [6.07, 6.45) is 1.95. The molecule has 0 aliphatic heterocycles. The van der Waals surface area contributed by atoms with Crippen molar-refractivity contribution >= 4 is 49.0 Å². The minimum absolute atomic E-state index is 1.12. The van der Waals surface area contributed by atoms with Crippen LogP contribution in [0.25, 0.3) is 49.0 Å². The van der Waals surface area contributed by atoms with Crippen molar-refractivity contribution < 1.29 is 0 Å². The fourth-order valence-corrected chi connectivity index (χ4v) is 5.16. The van der Waals surface area contributed by atoms with Gasteiger partial charge in [0.1, 0.15) is 0 Å². The molecule has 3 aromatic carbocycles. The third-order valence-electron chi connectivity index (χ3n) is 6.11.